The number of likely N-dealkylation sites (tertiary alicyclic amines) is 1. The predicted molar refractivity (Wildman–Crippen MR) is 48.9 cm³/mol. The first kappa shape index (κ1) is 10.8. The lowest BCUT2D eigenvalue weighted by Gasteiger charge is -2.19. The third kappa shape index (κ3) is 1.82. The minimum Gasteiger partial charge on any atom is -0.320 e. The molecule has 0 aromatic heterocycles. The van der Waals surface area contributed by atoms with E-state index < -0.39 is 23.8 Å². The number of carbonyl (C=O) groups excluding carboxylic acids is 3. The van der Waals surface area contributed by atoms with Crippen LogP contribution in [0.1, 0.15) is 26.7 Å². The highest BCUT2D eigenvalue weighted by Gasteiger charge is 2.37. The molecule has 5 nitrogen and oxygen atoms in total. The molecule has 0 radical (unpaired) electrons. The number of amides is 3. The number of imide groups is 3. The summed E-state index contributed by atoms with van der Waals surface area (Å²) >= 11 is 0. The van der Waals surface area contributed by atoms with Gasteiger partial charge < -0.3 is 5.73 Å². The van der Waals surface area contributed by atoms with Crippen molar-refractivity contribution in [1.29, 1.82) is 0 Å². The number of carbonyl (C=O) groups is 3. The van der Waals surface area contributed by atoms with Gasteiger partial charge in [-0.05, 0) is 5.92 Å². The Labute approximate surface area is 82.2 Å². The number of nitrogens with zero attached hydrogens (tertiary/aromatic N) is 1. The monoisotopic (exact) mass is 198 g/mol. The summed E-state index contributed by atoms with van der Waals surface area (Å²) in [7, 11) is 0. The van der Waals surface area contributed by atoms with E-state index in [1.165, 1.54) is 0 Å². The van der Waals surface area contributed by atoms with Crippen molar-refractivity contribution in [3.05, 3.63) is 0 Å². The minimum absolute atomic E-state index is 0.0799. The molecule has 3 amide bonds. The lowest BCUT2D eigenvalue weighted by molar-refractivity contribution is -0.150. The van der Waals surface area contributed by atoms with Crippen molar-refractivity contribution in [1.82, 2.24) is 4.90 Å². The van der Waals surface area contributed by atoms with Gasteiger partial charge in [0, 0.05) is 12.8 Å². The SMILES string of the molecule is CC(C)[C@H](N)C(=O)N1C(=O)CCC1=O. The van der Waals surface area contributed by atoms with Gasteiger partial charge in [0.2, 0.25) is 11.8 Å². The quantitative estimate of drug-likeness (QED) is 0.615. The number of hydrogen-bond donors (Lipinski definition) is 1. The average Bonchev–Trinajstić information content (AvgIpc) is 2.44. The van der Waals surface area contributed by atoms with Gasteiger partial charge in [0.1, 0.15) is 0 Å². The highest BCUT2D eigenvalue weighted by atomic mass is 16.2. The van der Waals surface area contributed by atoms with E-state index in [2.05, 4.69) is 0 Å². The Kier molecular flexibility index (Phi) is 3.00. The van der Waals surface area contributed by atoms with E-state index in [9.17, 15) is 14.4 Å². The van der Waals surface area contributed by atoms with Crippen LogP contribution in [0.5, 0.6) is 0 Å². The van der Waals surface area contributed by atoms with Crippen molar-refractivity contribution >= 4 is 17.7 Å². The van der Waals surface area contributed by atoms with Crippen LogP contribution in [0.15, 0.2) is 0 Å². The smallest absolute Gasteiger partial charge is 0.253 e. The fourth-order valence-electron chi connectivity index (χ4n) is 1.26. The van der Waals surface area contributed by atoms with Crippen LogP contribution in [0.4, 0.5) is 0 Å². The molecule has 78 valence electrons. The Hall–Kier alpha value is -1.23. The summed E-state index contributed by atoms with van der Waals surface area (Å²) in [6.07, 6.45) is 0.241. The van der Waals surface area contributed by atoms with E-state index >= 15 is 0 Å². The second-order valence-corrected chi connectivity index (χ2v) is 3.73. The highest BCUT2D eigenvalue weighted by Crippen LogP contribution is 2.14. The highest BCUT2D eigenvalue weighted by molar-refractivity contribution is 6.16. The Morgan fingerprint density at radius 3 is 2.07 bits per heavy atom. The predicted octanol–water partition coefficient (Wildman–Crippen LogP) is -0.355. The van der Waals surface area contributed by atoms with Crippen LogP contribution >= 0.6 is 0 Å². The second kappa shape index (κ2) is 3.88. The second-order valence-electron chi connectivity index (χ2n) is 3.73. The van der Waals surface area contributed by atoms with Crippen molar-refractivity contribution < 1.29 is 14.4 Å². The fraction of sp³-hybridized carbons (Fsp3) is 0.667. The van der Waals surface area contributed by atoms with E-state index in [0.717, 1.165) is 0 Å². The summed E-state index contributed by atoms with van der Waals surface area (Å²) in [6, 6.07) is -0.777. The maximum atomic E-state index is 11.6. The van der Waals surface area contributed by atoms with E-state index in [1.54, 1.807) is 13.8 Å². The summed E-state index contributed by atoms with van der Waals surface area (Å²) < 4.78 is 0. The Balaban J connectivity index is 2.78. The van der Waals surface area contributed by atoms with Gasteiger partial charge >= 0.3 is 0 Å². The van der Waals surface area contributed by atoms with Crippen LogP contribution in [0, 0.1) is 5.92 Å². The zero-order valence-corrected chi connectivity index (χ0v) is 8.32. The number of rotatable bonds is 2. The van der Waals surface area contributed by atoms with E-state index in [0.29, 0.717) is 4.90 Å². The normalized spacial score (nSPS) is 19.3. The van der Waals surface area contributed by atoms with Gasteiger partial charge in [-0.3, -0.25) is 14.4 Å². The van der Waals surface area contributed by atoms with Crippen LogP contribution in [0.25, 0.3) is 0 Å². The number of nitrogens with two attached hydrogens (primary N) is 1. The fourth-order valence-corrected chi connectivity index (χ4v) is 1.26. The first-order valence-corrected chi connectivity index (χ1v) is 4.60. The van der Waals surface area contributed by atoms with Gasteiger partial charge in [0.05, 0.1) is 6.04 Å². The average molecular weight is 198 g/mol. The summed E-state index contributed by atoms with van der Waals surface area (Å²) in [6.45, 7) is 3.54. The molecule has 0 unspecified atom stereocenters. The van der Waals surface area contributed by atoms with Crippen molar-refractivity contribution in [2.45, 2.75) is 32.7 Å². The van der Waals surface area contributed by atoms with E-state index in [-0.39, 0.29) is 18.8 Å². The molecule has 2 N–H and O–H groups in total. The molecule has 1 aliphatic rings. The number of hydrogen-bond acceptors (Lipinski definition) is 4. The topological polar surface area (TPSA) is 80.5 Å². The van der Waals surface area contributed by atoms with Gasteiger partial charge in [-0.2, -0.15) is 0 Å². The minimum atomic E-state index is -0.777. The van der Waals surface area contributed by atoms with Crippen LogP contribution in [-0.4, -0.2) is 28.7 Å². The summed E-state index contributed by atoms with van der Waals surface area (Å²) in [4.78, 5) is 34.6. The van der Waals surface area contributed by atoms with Crippen molar-refractivity contribution in [3.63, 3.8) is 0 Å². The molecule has 0 aliphatic carbocycles. The van der Waals surface area contributed by atoms with Gasteiger partial charge in [0.15, 0.2) is 0 Å². The van der Waals surface area contributed by atoms with Gasteiger partial charge in [0.25, 0.3) is 5.91 Å². The molecule has 14 heavy (non-hydrogen) atoms. The molecule has 5 heteroatoms. The molecule has 0 aromatic carbocycles. The van der Waals surface area contributed by atoms with Gasteiger partial charge in [-0.25, -0.2) is 4.90 Å². The molecule has 1 aliphatic heterocycles. The molecule has 1 fully saturated rings. The van der Waals surface area contributed by atoms with Crippen LogP contribution in [-0.2, 0) is 14.4 Å². The van der Waals surface area contributed by atoms with Crippen LogP contribution in [0.3, 0.4) is 0 Å². The third-order valence-electron chi connectivity index (χ3n) is 2.28. The van der Waals surface area contributed by atoms with Crippen molar-refractivity contribution in [3.8, 4) is 0 Å². The Morgan fingerprint density at radius 2 is 1.71 bits per heavy atom. The van der Waals surface area contributed by atoms with Crippen LogP contribution in [0.2, 0.25) is 0 Å². The lowest BCUT2D eigenvalue weighted by Crippen LogP contribution is -2.48. The molecule has 0 saturated carbocycles. The molecule has 0 spiro atoms. The molecule has 0 bridgehead atoms. The molecule has 1 heterocycles. The zero-order valence-electron chi connectivity index (χ0n) is 8.32. The summed E-state index contributed by atoms with van der Waals surface area (Å²) in [5.41, 5.74) is 5.57. The largest absolute Gasteiger partial charge is 0.320 e. The Morgan fingerprint density at radius 1 is 1.29 bits per heavy atom. The van der Waals surface area contributed by atoms with Gasteiger partial charge in [-0.1, -0.05) is 13.8 Å². The lowest BCUT2D eigenvalue weighted by atomic mass is 10.0. The molecule has 1 saturated heterocycles. The zero-order chi connectivity index (χ0) is 10.9. The van der Waals surface area contributed by atoms with E-state index in [1.807, 2.05) is 0 Å². The van der Waals surface area contributed by atoms with Crippen molar-refractivity contribution in [2.75, 3.05) is 0 Å². The maximum absolute atomic E-state index is 11.6. The molecule has 0 aromatic rings. The maximum Gasteiger partial charge on any atom is 0.253 e. The first-order valence-electron chi connectivity index (χ1n) is 4.60. The molecule has 1 rings (SSSR count). The summed E-state index contributed by atoms with van der Waals surface area (Å²) in [5, 5.41) is 0. The first-order chi connectivity index (χ1) is 6.45. The molecule has 1 atom stereocenters. The van der Waals surface area contributed by atoms with E-state index in [4.69, 9.17) is 5.73 Å². The van der Waals surface area contributed by atoms with Crippen LogP contribution < -0.4 is 5.73 Å². The van der Waals surface area contributed by atoms with Crippen molar-refractivity contribution in [2.24, 2.45) is 11.7 Å². The summed E-state index contributed by atoms with van der Waals surface area (Å²) in [5.74, 6) is -1.52. The molecular weight excluding hydrogens is 184 g/mol. The standard InChI is InChI=1S/C9H14N2O3/c1-5(2)8(10)9(14)11-6(12)3-4-7(11)13/h5,8H,3-4,10H2,1-2H3/t8-/m0/s1. The third-order valence-corrected chi connectivity index (χ3v) is 2.28. The Bertz CT molecular complexity index is 270. The van der Waals surface area contributed by atoms with Gasteiger partial charge in [-0.15, -0.1) is 0 Å². The molecular formula is C9H14N2O3.